The van der Waals surface area contributed by atoms with Crippen molar-refractivity contribution in [3.63, 3.8) is 0 Å². The van der Waals surface area contributed by atoms with Crippen LogP contribution in [0.5, 0.6) is 5.75 Å². The minimum Gasteiger partial charge on any atom is -0.496 e. The number of aromatic nitrogens is 1. The average Bonchev–Trinajstić information content (AvgIpc) is 3.10. The molecule has 3 rings (SSSR count). The lowest BCUT2D eigenvalue weighted by Crippen LogP contribution is -2.36. The van der Waals surface area contributed by atoms with Crippen molar-refractivity contribution < 1.29 is 9.53 Å². The molecular formula is C21H27N3O2. The first-order chi connectivity index (χ1) is 12.6. The van der Waals surface area contributed by atoms with Gasteiger partial charge in [0.05, 0.1) is 25.4 Å². The second kappa shape index (κ2) is 8.32. The molecule has 1 aromatic heterocycles. The number of likely N-dealkylation sites (tertiary alicyclic amines) is 1. The zero-order valence-electron chi connectivity index (χ0n) is 15.8. The Morgan fingerprint density at radius 2 is 2.04 bits per heavy atom. The van der Waals surface area contributed by atoms with Crippen LogP contribution in [0.1, 0.15) is 35.8 Å². The van der Waals surface area contributed by atoms with Gasteiger partial charge in [0.15, 0.2) is 0 Å². The molecule has 1 unspecified atom stereocenters. The first-order valence-electron chi connectivity index (χ1n) is 9.10. The van der Waals surface area contributed by atoms with Gasteiger partial charge in [-0.15, -0.1) is 0 Å². The van der Waals surface area contributed by atoms with Crippen LogP contribution >= 0.6 is 0 Å². The predicted octanol–water partition coefficient (Wildman–Crippen LogP) is 2.91. The molecule has 1 saturated heterocycles. The monoisotopic (exact) mass is 353 g/mol. The number of rotatable bonds is 6. The molecule has 1 aliphatic heterocycles. The van der Waals surface area contributed by atoms with Crippen LogP contribution in [0.2, 0.25) is 0 Å². The molecule has 0 aliphatic carbocycles. The number of methoxy groups -OCH3 is 1. The zero-order chi connectivity index (χ0) is 18.5. The standard InChI is InChI=1S/C21H27N3O2/c1-23(2)21(25)15-24-13-7-11-19(24)18-10-6-9-17(22-18)14-16-8-4-5-12-20(16)26-3/h4-6,8-10,12,19H,7,11,13-15H2,1-3H3. The lowest BCUT2D eigenvalue weighted by atomic mass is 10.1. The molecule has 2 aromatic rings. The number of ether oxygens (including phenoxy) is 1. The summed E-state index contributed by atoms with van der Waals surface area (Å²) in [4.78, 5) is 20.9. The van der Waals surface area contributed by atoms with E-state index in [-0.39, 0.29) is 11.9 Å². The van der Waals surface area contributed by atoms with Gasteiger partial charge in [-0.05, 0) is 37.6 Å². The number of carbonyl (C=O) groups excluding carboxylic acids is 1. The summed E-state index contributed by atoms with van der Waals surface area (Å²) in [6.07, 6.45) is 2.89. The van der Waals surface area contributed by atoms with Gasteiger partial charge in [0.1, 0.15) is 5.75 Å². The first-order valence-corrected chi connectivity index (χ1v) is 9.10. The molecule has 0 saturated carbocycles. The van der Waals surface area contributed by atoms with Gasteiger partial charge in [-0.25, -0.2) is 0 Å². The Hall–Kier alpha value is -2.40. The van der Waals surface area contributed by atoms with Crippen molar-refractivity contribution in [1.29, 1.82) is 0 Å². The molecule has 0 N–H and O–H groups in total. The van der Waals surface area contributed by atoms with Gasteiger partial charge >= 0.3 is 0 Å². The van der Waals surface area contributed by atoms with E-state index in [1.54, 1.807) is 26.1 Å². The Kier molecular flexibility index (Phi) is 5.89. The molecular weight excluding hydrogens is 326 g/mol. The van der Waals surface area contributed by atoms with Crippen LogP contribution in [0.3, 0.4) is 0 Å². The summed E-state index contributed by atoms with van der Waals surface area (Å²) in [6.45, 7) is 1.40. The predicted molar refractivity (Wildman–Crippen MR) is 102 cm³/mol. The number of carbonyl (C=O) groups is 1. The quantitative estimate of drug-likeness (QED) is 0.801. The van der Waals surface area contributed by atoms with Crippen molar-refractivity contribution in [2.75, 3.05) is 34.3 Å². The molecule has 1 amide bonds. The number of benzene rings is 1. The lowest BCUT2D eigenvalue weighted by Gasteiger charge is -2.25. The Balaban J connectivity index is 1.77. The van der Waals surface area contributed by atoms with Gasteiger partial charge in [-0.1, -0.05) is 24.3 Å². The highest BCUT2D eigenvalue weighted by molar-refractivity contribution is 5.77. The van der Waals surface area contributed by atoms with E-state index in [0.717, 1.165) is 48.5 Å². The second-order valence-corrected chi connectivity index (χ2v) is 6.96. The number of hydrogen-bond acceptors (Lipinski definition) is 4. The van der Waals surface area contributed by atoms with Gasteiger partial charge < -0.3 is 9.64 Å². The molecule has 0 radical (unpaired) electrons. The highest BCUT2D eigenvalue weighted by Crippen LogP contribution is 2.31. The average molecular weight is 353 g/mol. The number of pyridine rings is 1. The van der Waals surface area contributed by atoms with Crippen molar-refractivity contribution in [3.8, 4) is 5.75 Å². The fourth-order valence-corrected chi connectivity index (χ4v) is 3.49. The summed E-state index contributed by atoms with van der Waals surface area (Å²) in [5.74, 6) is 1.03. The molecule has 1 aromatic carbocycles. The summed E-state index contributed by atoms with van der Waals surface area (Å²) >= 11 is 0. The third-order valence-corrected chi connectivity index (χ3v) is 4.93. The molecule has 26 heavy (non-hydrogen) atoms. The number of amides is 1. The smallest absolute Gasteiger partial charge is 0.236 e. The van der Waals surface area contributed by atoms with Gasteiger partial charge in [0.2, 0.25) is 5.91 Å². The molecule has 5 nitrogen and oxygen atoms in total. The largest absolute Gasteiger partial charge is 0.496 e. The van der Waals surface area contributed by atoms with Crippen LogP contribution in [0.25, 0.3) is 0 Å². The summed E-state index contributed by atoms with van der Waals surface area (Å²) in [5, 5.41) is 0. The van der Waals surface area contributed by atoms with Crippen molar-refractivity contribution in [2.24, 2.45) is 0 Å². The van der Waals surface area contributed by atoms with E-state index in [1.165, 1.54) is 0 Å². The summed E-state index contributed by atoms with van der Waals surface area (Å²) in [7, 11) is 5.31. The number of para-hydroxylation sites is 1. The molecule has 0 bridgehead atoms. The molecule has 138 valence electrons. The maximum Gasteiger partial charge on any atom is 0.236 e. The van der Waals surface area contributed by atoms with Crippen molar-refractivity contribution >= 4 is 5.91 Å². The third kappa shape index (κ3) is 4.22. The Labute approximate surface area is 155 Å². The third-order valence-electron chi connectivity index (χ3n) is 4.93. The summed E-state index contributed by atoms with van der Waals surface area (Å²) in [6, 6.07) is 14.5. The van der Waals surface area contributed by atoms with Crippen molar-refractivity contribution in [2.45, 2.75) is 25.3 Å². The SMILES string of the molecule is COc1ccccc1Cc1cccc(C2CCCN2CC(=O)N(C)C)n1. The fraction of sp³-hybridized carbons (Fsp3) is 0.429. The lowest BCUT2D eigenvalue weighted by molar-refractivity contribution is -0.130. The maximum atomic E-state index is 12.1. The van der Waals surface area contributed by atoms with E-state index in [0.29, 0.717) is 6.54 Å². The number of likely N-dealkylation sites (N-methyl/N-ethyl adjacent to an activating group) is 1. The van der Waals surface area contributed by atoms with Gasteiger partial charge in [0.25, 0.3) is 0 Å². The summed E-state index contributed by atoms with van der Waals surface area (Å²) < 4.78 is 5.45. The first kappa shape index (κ1) is 18.4. The van der Waals surface area contributed by atoms with Crippen LogP contribution in [0.15, 0.2) is 42.5 Å². The van der Waals surface area contributed by atoms with Gasteiger partial charge in [0, 0.05) is 31.8 Å². The number of nitrogens with zero attached hydrogens (tertiary/aromatic N) is 3. The van der Waals surface area contributed by atoms with Gasteiger partial charge in [-0.2, -0.15) is 0 Å². The van der Waals surface area contributed by atoms with E-state index in [1.807, 2.05) is 18.2 Å². The molecule has 0 spiro atoms. The topological polar surface area (TPSA) is 45.7 Å². The summed E-state index contributed by atoms with van der Waals surface area (Å²) in [5.41, 5.74) is 3.21. The van der Waals surface area contributed by atoms with E-state index in [4.69, 9.17) is 9.72 Å². The molecule has 1 atom stereocenters. The molecule has 1 aliphatic rings. The second-order valence-electron chi connectivity index (χ2n) is 6.96. The molecule has 2 heterocycles. The number of hydrogen-bond donors (Lipinski definition) is 0. The highest BCUT2D eigenvalue weighted by Gasteiger charge is 2.29. The maximum absolute atomic E-state index is 12.1. The van der Waals surface area contributed by atoms with E-state index in [9.17, 15) is 4.79 Å². The zero-order valence-corrected chi connectivity index (χ0v) is 15.8. The Bertz CT molecular complexity index is 760. The minimum atomic E-state index is 0.141. The van der Waals surface area contributed by atoms with Gasteiger partial charge in [-0.3, -0.25) is 14.7 Å². The molecule has 1 fully saturated rings. The van der Waals surface area contributed by atoms with Crippen LogP contribution < -0.4 is 4.74 Å². The molecule has 5 heteroatoms. The van der Waals surface area contributed by atoms with Crippen molar-refractivity contribution in [1.82, 2.24) is 14.8 Å². The Morgan fingerprint density at radius 1 is 1.23 bits per heavy atom. The van der Waals surface area contributed by atoms with Crippen molar-refractivity contribution in [3.05, 3.63) is 59.4 Å². The van der Waals surface area contributed by atoms with Crippen LogP contribution in [-0.4, -0.2) is 55.0 Å². The highest BCUT2D eigenvalue weighted by atomic mass is 16.5. The van der Waals surface area contributed by atoms with E-state index < -0.39 is 0 Å². The fourth-order valence-electron chi connectivity index (χ4n) is 3.49. The van der Waals surface area contributed by atoms with Crippen LogP contribution in [-0.2, 0) is 11.2 Å². The normalized spacial score (nSPS) is 17.3. The van der Waals surface area contributed by atoms with E-state index >= 15 is 0 Å². The minimum absolute atomic E-state index is 0.141. The van der Waals surface area contributed by atoms with Crippen LogP contribution in [0.4, 0.5) is 0 Å². The van der Waals surface area contributed by atoms with Crippen LogP contribution in [0, 0.1) is 0 Å². The van der Waals surface area contributed by atoms with E-state index in [2.05, 4.69) is 29.2 Å². The Morgan fingerprint density at radius 3 is 2.81 bits per heavy atom.